The molecule has 4 nitrogen and oxygen atoms in total. The van der Waals surface area contributed by atoms with Gasteiger partial charge in [-0.1, -0.05) is 24.6 Å². The Bertz CT molecular complexity index is 750. The van der Waals surface area contributed by atoms with E-state index in [0.29, 0.717) is 23.1 Å². The van der Waals surface area contributed by atoms with Gasteiger partial charge >= 0.3 is 0 Å². The third kappa shape index (κ3) is 6.67. The fraction of sp³-hybridized carbons (Fsp3) is 0.381. The van der Waals surface area contributed by atoms with E-state index >= 15 is 0 Å². The molecule has 0 heterocycles. The molecule has 2 aromatic rings. The minimum atomic E-state index is -0.156. The predicted molar refractivity (Wildman–Crippen MR) is 112 cm³/mol. The summed E-state index contributed by atoms with van der Waals surface area (Å²) in [6.45, 7) is 6.39. The molecule has 2 rings (SSSR count). The quantitative estimate of drug-likeness (QED) is 0.571. The van der Waals surface area contributed by atoms with E-state index in [2.05, 4.69) is 5.32 Å². The van der Waals surface area contributed by atoms with Gasteiger partial charge in [0.2, 0.25) is 5.91 Å². The van der Waals surface area contributed by atoms with E-state index in [9.17, 15) is 4.79 Å². The standard InChI is InChI=1S/C21H26ClNO3S/c1-5-20(27-17-9-7-16(22)8-10-17)21(24)23-13-15-6-11-18(26-14(2)3)19(12-15)25-4/h6-12,14,20H,5,13H2,1-4H3,(H,23,24)/t20-/m0/s1. The van der Waals surface area contributed by atoms with Gasteiger partial charge in [0.15, 0.2) is 11.5 Å². The van der Waals surface area contributed by atoms with E-state index in [0.717, 1.165) is 16.9 Å². The number of amides is 1. The summed E-state index contributed by atoms with van der Waals surface area (Å²) in [7, 11) is 1.61. The van der Waals surface area contributed by atoms with Crippen LogP contribution in [0, 0.1) is 0 Å². The maximum Gasteiger partial charge on any atom is 0.233 e. The van der Waals surface area contributed by atoms with Gasteiger partial charge in [0, 0.05) is 16.5 Å². The fourth-order valence-corrected chi connectivity index (χ4v) is 3.58. The van der Waals surface area contributed by atoms with Crippen LogP contribution in [0.2, 0.25) is 5.02 Å². The summed E-state index contributed by atoms with van der Waals surface area (Å²) in [6.07, 6.45) is 0.809. The van der Waals surface area contributed by atoms with Gasteiger partial charge in [-0.3, -0.25) is 4.79 Å². The number of rotatable bonds is 9. The van der Waals surface area contributed by atoms with Crippen molar-refractivity contribution in [1.82, 2.24) is 5.32 Å². The maximum absolute atomic E-state index is 12.6. The molecule has 0 aromatic heterocycles. The molecule has 27 heavy (non-hydrogen) atoms. The zero-order valence-corrected chi connectivity index (χ0v) is 17.7. The number of nitrogens with one attached hydrogen (secondary N) is 1. The van der Waals surface area contributed by atoms with Crippen molar-refractivity contribution in [3.05, 3.63) is 53.1 Å². The van der Waals surface area contributed by atoms with E-state index in [1.807, 2.05) is 63.2 Å². The van der Waals surface area contributed by atoms with Crippen molar-refractivity contribution >= 4 is 29.3 Å². The van der Waals surface area contributed by atoms with Crippen molar-refractivity contribution in [3.63, 3.8) is 0 Å². The molecule has 0 unspecified atom stereocenters. The first kappa shape index (κ1) is 21.5. The van der Waals surface area contributed by atoms with Crippen LogP contribution in [0.25, 0.3) is 0 Å². The second-order valence-electron chi connectivity index (χ2n) is 6.34. The number of thioether (sulfide) groups is 1. The number of ether oxygens (including phenoxy) is 2. The van der Waals surface area contributed by atoms with E-state index in [4.69, 9.17) is 21.1 Å². The molecule has 1 N–H and O–H groups in total. The Hall–Kier alpha value is -1.85. The molecule has 0 bridgehead atoms. The van der Waals surface area contributed by atoms with Crippen LogP contribution in [-0.4, -0.2) is 24.4 Å². The Morgan fingerprint density at radius 2 is 1.85 bits per heavy atom. The summed E-state index contributed by atoms with van der Waals surface area (Å²) in [4.78, 5) is 13.6. The Labute approximate surface area is 170 Å². The summed E-state index contributed by atoms with van der Waals surface area (Å²) in [5, 5.41) is 3.55. The SMILES string of the molecule is CC[C@H](Sc1ccc(Cl)cc1)C(=O)NCc1ccc(OC(C)C)c(OC)c1. The van der Waals surface area contributed by atoms with Crippen LogP contribution >= 0.6 is 23.4 Å². The average Bonchev–Trinajstić information content (AvgIpc) is 2.66. The Kier molecular flexibility index (Phi) is 8.32. The molecule has 0 fully saturated rings. The van der Waals surface area contributed by atoms with Gasteiger partial charge in [-0.2, -0.15) is 0 Å². The highest BCUT2D eigenvalue weighted by molar-refractivity contribution is 8.00. The van der Waals surface area contributed by atoms with Gasteiger partial charge in [0.05, 0.1) is 18.5 Å². The van der Waals surface area contributed by atoms with Gasteiger partial charge in [0.1, 0.15) is 0 Å². The van der Waals surface area contributed by atoms with E-state index in [1.165, 1.54) is 0 Å². The topological polar surface area (TPSA) is 47.6 Å². The highest BCUT2D eigenvalue weighted by Gasteiger charge is 2.18. The number of hydrogen-bond acceptors (Lipinski definition) is 4. The highest BCUT2D eigenvalue weighted by Crippen LogP contribution is 2.29. The minimum absolute atomic E-state index is 0.0129. The Balaban J connectivity index is 1.97. The molecular weight excluding hydrogens is 382 g/mol. The van der Waals surface area contributed by atoms with Gasteiger partial charge in [0.25, 0.3) is 0 Å². The van der Waals surface area contributed by atoms with E-state index in [1.54, 1.807) is 18.9 Å². The molecule has 0 aliphatic rings. The van der Waals surface area contributed by atoms with Crippen molar-refractivity contribution in [2.45, 2.75) is 50.0 Å². The monoisotopic (exact) mass is 407 g/mol. The van der Waals surface area contributed by atoms with Crippen LogP contribution < -0.4 is 14.8 Å². The first-order valence-corrected chi connectivity index (χ1v) is 10.2. The van der Waals surface area contributed by atoms with Crippen molar-refractivity contribution < 1.29 is 14.3 Å². The summed E-state index contributed by atoms with van der Waals surface area (Å²) < 4.78 is 11.1. The fourth-order valence-electron chi connectivity index (χ4n) is 2.48. The summed E-state index contributed by atoms with van der Waals surface area (Å²) in [5.41, 5.74) is 0.961. The molecule has 0 aliphatic carbocycles. The number of halogens is 1. The average molecular weight is 408 g/mol. The second-order valence-corrected chi connectivity index (χ2v) is 8.05. The van der Waals surface area contributed by atoms with E-state index in [-0.39, 0.29) is 17.3 Å². The zero-order valence-electron chi connectivity index (χ0n) is 16.1. The van der Waals surface area contributed by atoms with Crippen LogP contribution in [0.5, 0.6) is 11.5 Å². The van der Waals surface area contributed by atoms with Crippen LogP contribution in [0.4, 0.5) is 0 Å². The number of hydrogen-bond donors (Lipinski definition) is 1. The molecular formula is C21H26ClNO3S. The van der Waals surface area contributed by atoms with Gasteiger partial charge in [-0.05, 0) is 62.2 Å². The molecule has 6 heteroatoms. The predicted octanol–water partition coefficient (Wildman–Crippen LogP) is 5.32. The third-order valence-electron chi connectivity index (χ3n) is 3.81. The molecule has 1 atom stereocenters. The van der Waals surface area contributed by atoms with Crippen LogP contribution in [0.15, 0.2) is 47.4 Å². The lowest BCUT2D eigenvalue weighted by Gasteiger charge is -2.16. The second kappa shape index (κ2) is 10.5. The van der Waals surface area contributed by atoms with Crippen molar-refractivity contribution in [2.24, 2.45) is 0 Å². The largest absolute Gasteiger partial charge is 0.493 e. The van der Waals surface area contributed by atoms with Crippen molar-refractivity contribution in [1.29, 1.82) is 0 Å². The Morgan fingerprint density at radius 3 is 2.44 bits per heavy atom. The first-order chi connectivity index (χ1) is 12.9. The molecule has 0 radical (unpaired) electrons. The normalized spacial score (nSPS) is 11.9. The van der Waals surface area contributed by atoms with Crippen LogP contribution in [0.1, 0.15) is 32.8 Å². The van der Waals surface area contributed by atoms with Crippen molar-refractivity contribution in [2.75, 3.05) is 7.11 Å². The Morgan fingerprint density at radius 1 is 1.15 bits per heavy atom. The number of benzene rings is 2. The molecule has 0 saturated carbocycles. The van der Waals surface area contributed by atoms with Gasteiger partial charge in [-0.25, -0.2) is 0 Å². The van der Waals surface area contributed by atoms with Crippen molar-refractivity contribution in [3.8, 4) is 11.5 Å². The van der Waals surface area contributed by atoms with Crippen LogP contribution in [0.3, 0.4) is 0 Å². The third-order valence-corrected chi connectivity index (χ3v) is 5.44. The number of carbonyl (C=O) groups excluding carboxylic acids is 1. The zero-order chi connectivity index (χ0) is 19.8. The van der Waals surface area contributed by atoms with Gasteiger partial charge < -0.3 is 14.8 Å². The minimum Gasteiger partial charge on any atom is -0.493 e. The molecule has 2 aromatic carbocycles. The number of carbonyl (C=O) groups is 1. The summed E-state index contributed by atoms with van der Waals surface area (Å²) in [6, 6.07) is 13.2. The summed E-state index contributed by atoms with van der Waals surface area (Å²) in [5.74, 6) is 1.38. The van der Waals surface area contributed by atoms with Crippen LogP contribution in [-0.2, 0) is 11.3 Å². The molecule has 1 amide bonds. The molecule has 0 aliphatic heterocycles. The first-order valence-electron chi connectivity index (χ1n) is 8.96. The maximum atomic E-state index is 12.6. The molecule has 146 valence electrons. The molecule has 0 saturated heterocycles. The van der Waals surface area contributed by atoms with E-state index < -0.39 is 0 Å². The van der Waals surface area contributed by atoms with Gasteiger partial charge in [-0.15, -0.1) is 11.8 Å². The lowest BCUT2D eigenvalue weighted by molar-refractivity contribution is -0.120. The summed E-state index contributed by atoms with van der Waals surface area (Å²) >= 11 is 7.46. The number of methoxy groups -OCH3 is 1. The smallest absolute Gasteiger partial charge is 0.233 e. The molecule has 0 spiro atoms. The lowest BCUT2D eigenvalue weighted by Crippen LogP contribution is -2.31. The lowest BCUT2D eigenvalue weighted by atomic mass is 10.2. The highest BCUT2D eigenvalue weighted by atomic mass is 35.5.